The van der Waals surface area contributed by atoms with Gasteiger partial charge >= 0.3 is 0 Å². The zero-order valence-corrected chi connectivity index (χ0v) is 55.2. The summed E-state index contributed by atoms with van der Waals surface area (Å²) in [7, 11) is 0. The maximum absolute atomic E-state index is 14.3. The second-order valence-corrected chi connectivity index (χ2v) is 24.2. The third-order valence-corrected chi connectivity index (χ3v) is 16.7. The van der Waals surface area contributed by atoms with Gasteiger partial charge in [0, 0.05) is 58.5 Å². The Labute approximate surface area is 571 Å². The number of unbranched alkanes of at least 4 members (excludes halogenated alkanes) is 5. The minimum Gasteiger partial charge on any atom is -0.394 e. The van der Waals surface area contributed by atoms with Gasteiger partial charge in [-0.15, -0.1) is 0 Å². The number of nitrogens with zero attached hydrogens (tertiary/aromatic N) is 1. The van der Waals surface area contributed by atoms with Crippen molar-refractivity contribution in [3.63, 3.8) is 0 Å². The molecular weight excluding hydrogens is 1330 g/mol. The van der Waals surface area contributed by atoms with Crippen molar-refractivity contribution in [1.29, 1.82) is 0 Å². The first-order valence-electron chi connectivity index (χ1n) is 33.4. The Balaban J connectivity index is 1.38. The summed E-state index contributed by atoms with van der Waals surface area (Å²) in [5.74, 6) is -4.21. The molecular formula is C59H107N9O31. The molecule has 40 nitrogen and oxygen atoms in total. The predicted octanol–water partition coefficient (Wildman–Crippen LogP) is -12.9. The highest BCUT2D eigenvalue weighted by Gasteiger charge is 2.47. The van der Waals surface area contributed by atoms with Crippen LogP contribution in [0.5, 0.6) is 0 Å². The number of rotatable bonds is 47. The molecule has 0 spiro atoms. The summed E-state index contributed by atoms with van der Waals surface area (Å²) in [5, 5.41) is 179. The molecule has 574 valence electrons. The van der Waals surface area contributed by atoms with Crippen LogP contribution in [0.1, 0.15) is 83.5 Å². The van der Waals surface area contributed by atoms with Gasteiger partial charge in [0.15, 0.2) is 25.2 Å². The first kappa shape index (κ1) is 86.7. The molecule has 0 radical (unpaired) electrons. The van der Waals surface area contributed by atoms with Crippen LogP contribution in [0.2, 0.25) is 0 Å². The van der Waals surface area contributed by atoms with Crippen LogP contribution in [-0.4, -0.2) is 375 Å². The van der Waals surface area contributed by atoms with Gasteiger partial charge in [-0.1, -0.05) is 12.8 Å². The molecule has 40 heteroatoms. The molecule has 4 aliphatic heterocycles. The van der Waals surface area contributed by atoms with Crippen LogP contribution in [-0.2, 0) is 71.5 Å². The summed E-state index contributed by atoms with van der Waals surface area (Å²) >= 11 is 0. The summed E-state index contributed by atoms with van der Waals surface area (Å²) in [6.07, 6.45) is -28.2. The van der Waals surface area contributed by atoms with E-state index < -0.39 is 216 Å². The van der Waals surface area contributed by atoms with Gasteiger partial charge in [-0.05, 0) is 57.9 Å². The Hall–Kier alpha value is -4.75. The Bertz CT molecular complexity index is 2310. The van der Waals surface area contributed by atoms with E-state index in [4.69, 9.17) is 43.6 Å². The Morgan fingerprint density at radius 2 is 0.687 bits per heavy atom. The number of nitrogens with two attached hydrogens (primary N) is 1. The number of hydrogen-bond donors (Lipinski definition) is 24. The minimum atomic E-state index is -1.78. The van der Waals surface area contributed by atoms with Crippen molar-refractivity contribution in [2.75, 3.05) is 112 Å². The maximum atomic E-state index is 14.3. The zero-order valence-electron chi connectivity index (χ0n) is 55.2. The first-order valence-corrected chi connectivity index (χ1v) is 33.4. The van der Waals surface area contributed by atoms with E-state index in [2.05, 4.69) is 37.2 Å². The van der Waals surface area contributed by atoms with Gasteiger partial charge in [0.2, 0.25) is 41.4 Å². The lowest BCUT2D eigenvalue weighted by Crippen LogP contribution is -2.59. The molecule has 0 saturated carbocycles. The van der Waals surface area contributed by atoms with Gasteiger partial charge in [-0.2, -0.15) is 0 Å². The van der Waals surface area contributed by atoms with E-state index in [-0.39, 0.29) is 110 Å². The molecule has 0 aromatic heterocycles. The van der Waals surface area contributed by atoms with Crippen molar-refractivity contribution >= 4 is 41.4 Å². The van der Waals surface area contributed by atoms with Gasteiger partial charge < -0.3 is 163 Å². The number of hydrogen-bond acceptors (Lipinski definition) is 33. The summed E-state index contributed by atoms with van der Waals surface area (Å²) in [5.41, 5.74) is 5.59. The van der Waals surface area contributed by atoms with Gasteiger partial charge in [0.05, 0.1) is 72.0 Å². The second kappa shape index (κ2) is 46.8. The molecule has 25 N–H and O–H groups in total. The Kier molecular flexibility index (Phi) is 40.9. The van der Waals surface area contributed by atoms with Crippen molar-refractivity contribution in [3.05, 3.63) is 0 Å². The average molecular weight is 1440 g/mol. The van der Waals surface area contributed by atoms with Crippen molar-refractivity contribution in [2.45, 2.75) is 218 Å². The van der Waals surface area contributed by atoms with Crippen LogP contribution in [0, 0.1) is 0 Å². The standard InChI is InChI=1S/C59H107N9O31/c60-14-6-1-3-11-39(75)67-31(54(90)65-16-7-2-4-10-37(73)62-17-21-92-56-50(86)46(82)42(78)33(27-69)96-56)12-13-38(74)61-15-8-5-9-32(55(91)66-20-24-95-59-53(89)49(85)45(81)36(30-72)99-59)68(25-40(76)63-18-22-93-57-51(87)47(83)43(79)34(28-70)97-57)26-41(77)64-19-23-94-58-52(88)48(84)44(80)35(29-71)98-58/h31-36,42-53,56-59,69-72,78-89H,1-30,60H2,(H,61,74)(H,62,73)(H,63,76)(H,64,77)(H,65,90)(H,66,91)(H,67,75)/t31-,32-,33+,34+,35+,36+,42+,43+,44+,45+,46-,47-,48-,49-,50-,51-,52-,53-,56-,57-,58-,59-/m0/s1. The molecule has 4 fully saturated rings. The minimum absolute atomic E-state index is 0.00227. The van der Waals surface area contributed by atoms with E-state index in [0.29, 0.717) is 45.1 Å². The summed E-state index contributed by atoms with van der Waals surface area (Å²) in [4.78, 5) is 95.2. The van der Waals surface area contributed by atoms with Gasteiger partial charge in [-0.25, -0.2) is 0 Å². The second-order valence-electron chi connectivity index (χ2n) is 24.2. The van der Waals surface area contributed by atoms with Crippen molar-refractivity contribution in [1.82, 2.24) is 42.1 Å². The lowest BCUT2D eigenvalue weighted by Gasteiger charge is -2.39. The number of carbonyl (C=O) groups is 7. The van der Waals surface area contributed by atoms with Crippen LogP contribution in [0.4, 0.5) is 0 Å². The van der Waals surface area contributed by atoms with E-state index in [1.54, 1.807) is 0 Å². The molecule has 99 heavy (non-hydrogen) atoms. The predicted molar refractivity (Wildman–Crippen MR) is 333 cm³/mol. The highest BCUT2D eigenvalue weighted by Crippen LogP contribution is 2.26. The zero-order chi connectivity index (χ0) is 73.1. The lowest BCUT2D eigenvalue weighted by molar-refractivity contribution is -0.300. The molecule has 22 atom stereocenters. The van der Waals surface area contributed by atoms with Crippen molar-refractivity contribution in [3.8, 4) is 0 Å². The van der Waals surface area contributed by atoms with Crippen LogP contribution >= 0.6 is 0 Å². The number of nitrogens with one attached hydrogen (secondary N) is 7. The van der Waals surface area contributed by atoms with E-state index in [9.17, 15) is 115 Å². The number of ether oxygens (including phenoxy) is 8. The lowest BCUT2D eigenvalue weighted by atomic mass is 9.99. The summed E-state index contributed by atoms with van der Waals surface area (Å²) < 4.78 is 43.2. The van der Waals surface area contributed by atoms with Crippen LogP contribution in [0.3, 0.4) is 0 Å². The molecule has 7 amide bonds. The fourth-order valence-corrected chi connectivity index (χ4v) is 10.8. The number of aliphatic hydroxyl groups is 16. The van der Waals surface area contributed by atoms with E-state index >= 15 is 0 Å². The van der Waals surface area contributed by atoms with Gasteiger partial charge in [-0.3, -0.25) is 38.5 Å². The van der Waals surface area contributed by atoms with Crippen LogP contribution < -0.4 is 43.0 Å². The molecule has 4 rings (SSSR count). The van der Waals surface area contributed by atoms with E-state index in [0.717, 1.165) is 0 Å². The van der Waals surface area contributed by atoms with E-state index in [1.807, 2.05) is 0 Å². The molecule has 0 aliphatic carbocycles. The van der Waals surface area contributed by atoms with E-state index in [1.165, 1.54) is 4.90 Å². The third-order valence-electron chi connectivity index (χ3n) is 16.7. The van der Waals surface area contributed by atoms with Gasteiger partial charge in [0.25, 0.3) is 0 Å². The molecule has 0 bridgehead atoms. The molecule has 4 aliphatic rings. The Morgan fingerprint density at radius 3 is 1.09 bits per heavy atom. The normalized spacial score (nSPS) is 30.8. The molecule has 4 saturated heterocycles. The monoisotopic (exact) mass is 1440 g/mol. The van der Waals surface area contributed by atoms with Crippen LogP contribution in [0.15, 0.2) is 0 Å². The quantitative estimate of drug-likeness (QED) is 0.0252. The fourth-order valence-electron chi connectivity index (χ4n) is 10.8. The Morgan fingerprint density at radius 1 is 0.354 bits per heavy atom. The van der Waals surface area contributed by atoms with Crippen molar-refractivity contribution < 1.29 is 153 Å². The van der Waals surface area contributed by atoms with Crippen molar-refractivity contribution in [2.24, 2.45) is 5.73 Å². The summed E-state index contributed by atoms with van der Waals surface area (Å²) in [6.45, 7) is -5.80. The largest absolute Gasteiger partial charge is 0.394 e. The maximum Gasteiger partial charge on any atom is 0.242 e. The number of carbonyl (C=O) groups excluding carboxylic acids is 7. The highest BCUT2D eigenvalue weighted by atomic mass is 16.7. The first-order chi connectivity index (χ1) is 47.3. The highest BCUT2D eigenvalue weighted by molar-refractivity contribution is 5.88. The van der Waals surface area contributed by atoms with Gasteiger partial charge in [0.1, 0.15) is 104 Å². The fraction of sp³-hybridized carbons (Fsp3) is 0.881. The average Bonchev–Trinajstić information content (AvgIpc) is 0.884. The molecule has 4 heterocycles. The molecule has 0 unspecified atom stereocenters. The SMILES string of the molecule is NCCCCCC(=O)N[C@@H](CCC(=O)NCCCC[C@@H](C(=O)NCCO[C@H]1O[C@H](CO)[C@@H](O)[C@H](O)[C@@H]1O)N(CC(=O)NCCO[C@H]1O[C@H](CO)[C@@H](O)[C@H](O)[C@@H]1O)CC(=O)NCCO[C@H]1O[C@H](CO)[C@@H](O)[C@H](O)[C@@H]1O)C(=O)NCCCCCC(=O)NCCO[C@H]1O[C@H](CO)[C@@H](O)[C@H](O)[C@@H]1O. The van der Waals surface area contributed by atoms with Crippen LogP contribution in [0.25, 0.3) is 0 Å². The molecule has 0 aromatic rings. The third kappa shape index (κ3) is 29.1. The molecule has 0 aromatic carbocycles. The smallest absolute Gasteiger partial charge is 0.242 e. The summed E-state index contributed by atoms with van der Waals surface area (Å²) in [6, 6.07) is -2.48. The number of amides is 7. The number of aliphatic hydroxyl groups excluding tert-OH is 16. The topological polar surface area (TPSA) is 630 Å².